The molecule has 14 heavy (non-hydrogen) atoms. The van der Waals surface area contributed by atoms with Crippen molar-refractivity contribution < 1.29 is 9.47 Å². The van der Waals surface area contributed by atoms with Gasteiger partial charge in [0.15, 0.2) is 6.29 Å². The molecule has 0 radical (unpaired) electrons. The van der Waals surface area contributed by atoms with Gasteiger partial charge in [0, 0.05) is 19.8 Å². The topological polar surface area (TPSA) is 73.2 Å². The van der Waals surface area contributed by atoms with E-state index in [0.717, 1.165) is 11.3 Å². The summed E-state index contributed by atoms with van der Waals surface area (Å²) in [6.45, 7) is 5.86. The Balaban J connectivity index is 0.000000791. The van der Waals surface area contributed by atoms with Crippen LogP contribution >= 0.6 is 0 Å². The van der Waals surface area contributed by atoms with Crippen LogP contribution in [0.4, 0.5) is 5.82 Å². The maximum Gasteiger partial charge on any atom is 0.200 e. The van der Waals surface area contributed by atoms with E-state index in [1.54, 1.807) is 14.2 Å². The lowest BCUT2D eigenvalue weighted by atomic mass is 10.2. The van der Waals surface area contributed by atoms with Crippen LogP contribution < -0.4 is 5.73 Å². The third-order valence-electron chi connectivity index (χ3n) is 1.75. The molecule has 1 aromatic heterocycles. The van der Waals surface area contributed by atoms with Gasteiger partial charge in [-0.25, -0.2) is 0 Å². The molecule has 0 saturated heterocycles. The first-order valence-corrected chi connectivity index (χ1v) is 4.56. The molecule has 0 fully saturated rings. The highest BCUT2D eigenvalue weighted by Gasteiger charge is 2.15. The Morgan fingerprint density at radius 2 is 1.79 bits per heavy atom. The van der Waals surface area contributed by atoms with Crippen molar-refractivity contribution in [2.45, 2.75) is 27.1 Å². The molecular formula is C9H19N3O2. The number of rotatable bonds is 3. The van der Waals surface area contributed by atoms with Gasteiger partial charge in [-0.15, -0.1) is 0 Å². The number of nitrogens with one attached hydrogen (secondary N) is 1. The van der Waals surface area contributed by atoms with Crippen LogP contribution in [-0.4, -0.2) is 24.4 Å². The van der Waals surface area contributed by atoms with Crippen LogP contribution in [-0.2, 0) is 9.47 Å². The highest BCUT2D eigenvalue weighted by atomic mass is 16.7. The lowest BCUT2D eigenvalue weighted by molar-refractivity contribution is -0.109. The summed E-state index contributed by atoms with van der Waals surface area (Å²) in [4.78, 5) is 0. The predicted octanol–water partition coefficient (Wildman–Crippen LogP) is 1.62. The number of hydrogen-bond donors (Lipinski definition) is 2. The number of aromatic amines is 1. The van der Waals surface area contributed by atoms with Gasteiger partial charge in [0.25, 0.3) is 0 Å². The molecular weight excluding hydrogens is 182 g/mol. The van der Waals surface area contributed by atoms with Crippen LogP contribution in [0.2, 0.25) is 0 Å². The molecule has 0 bridgehead atoms. The summed E-state index contributed by atoms with van der Waals surface area (Å²) in [5, 5.41) is 6.58. The van der Waals surface area contributed by atoms with Crippen LogP contribution in [0, 0.1) is 6.92 Å². The van der Waals surface area contributed by atoms with E-state index < -0.39 is 6.29 Å². The van der Waals surface area contributed by atoms with Crippen molar-refractivity contribution in [3.8, 4) is 0 Å². The van der Waals surface area contributed by atoms with Crippen molar-refractivity contribution >= 4 is 5.82 Å². The third-order valence-corrected chi connectivity index (χ3v) is 1.75. The molecule has 3 N–H and O–H groups in total. The Kier molecular flexibility index (Phi) is 5.91. The summed E-state index contributed by atoms with van der Waals surface area (Å²) >= 11 is 0. The molecule has 0 aromatic carbocycles. The third kappa shape index (κ3) is 2.71. The van der Waals surface area contributed by atoms with E-state index >= 15 is 0 Å². The van der Waals surface area contributed by atoms with E-state index in [9.17, 15) is 0 Å². The number of ether oxygens (including phenoxy) is 2. The van der Waals surface area contributed by atoms with E-state index in [1.165, 1.54) is 0 Å². The highest BCUT2D eigenvalue weighted by molar-refractivity contribution is 5.40. The summed E-state index contributed by atoms with van der Waals surface area (Å²) in [7, 11) is 3.12. The molecule has 5 heteroatoms. The average Bonchev–Trinajstić information content (AvgIpc) is 2.55. The predicted molar refractivity (Wildman–Crippen MR) is 55.8 cm³/mol. The van der Waals surface area contributed by atoms with Crippen LogP contribution in [0.5, 0.6) is 0 Å². The molecule has 0 aliphatic carbocycles. The Morgan fingerprint density at radius 1 is 1.29 bits per heavy atom. The van der Waals surface area contributed by atoms with Gasteiger partial charge < -0.3 is 15.2 Å². The van der Waals surface area contributed by atoms with Crippen molar-refractivity contribution in [2.24, 2.45) is 0 Å². The Bertz CT molecular complexity index is 257. The van der Waals surface area contributed by atoms with Gasteiger partial charge in [-0.1, -0.05) is 13.8 Å². The highest BCUT2D eigenvalue weighted by Crippen LogP contribution is 2.21. The second-order valence-electron chi connectivity index (χ2n) is 2.45. The SMILES string of the molecule is CC.COC(OC)c1[nH]nc(N)c1C. The monoisotopic (exact) mass is 201 g/mol. The lowest BCUT2D eigenvalue weighted by Crippen LogP contribution is -2.05. The molecule has 1 aromatic rings. The molecule has 0 amide bonds. The first-order chi connectivity index (χ1) is 6.70. The van der Waals surface area contributed by atoms with Crippen molar-refractivity contribution in [3.63, 3.8) is 0 Å². The number of anilines is 1. The van der Waals surface area contributed by atoms with E-state index in [0.29, 0.717) is 5.82 Å². The summed E-state index contributed by atoms with van der Waals surface area (Å²) in [6, 6.07) is 0. The number of nitrogens with zero attached hydrogens (tertiary/aromatic N) is 1. The Hall–Kier alpha value is -1.07. The molecule has 82 valence electrons. The first kappa shape index (κ1) is 12.9. The molecule has 0 unspecified atom stereocenters. The number of nitrogen functional groups attached to an aromatic ring is 1. The molecule has 5 nitrogen and oxygen atoms in total. The van der Waals surface area contributed by atoms with E-state index in [4.69, 9.17) is 15.2 Å². The number of nitrogens with two attached hydrogens (primary N) is 1. The molecule has 0 spiro atoms. The smallest absolute Gasteiger partial charge is 0.200 e. The van der Waals surface area contributed by atoms with Crippen molar-refractivity contribution in [1.82, 2.24) is 10.2 Å². The fourth-order valence-corrected chi connectivity index (χ4v) is 0.988. The molecule has 1 rings (SSSR count). The van der Waals surface area contributed by atoms with Gasteiger partial charge in [0.1, 0.15) is 5.82 Å². The normalized spacial score (nSPS) is 9.86. The summed E-state index contributed by atoms with van der Waals surface area (Å²) in [5.41, 5.74) is 7.16. The molecule has 0 saturated carbocycles. The number of methoxy groups -OCH3 is 2. The van der Waals surface area contributed by atoms with E-state index in [1.807, 2.05) is 20.8 Å². The number of aromatic nitrogens is 2. The van der Waals surface area contributed by atoms with Gasteiger partial charge in [-0.3, -0.25) is 5.10 Å². The fourth-order valence-electron chi connectivity index (χ4n) is 0.988. The second kappa shape index (κ2) is 6.39. The van der Waals surface area contributed by atoms with Crippen LogP contribution in [0.15, 0.2) is 0 Å². The second-order valence-corrected chi connectivity index (χ2v) is 2.45. The minimum atomic E-state index is -0.421. The van der Waals surface area contributed by atoms with Gasteiger partial charge >= 0.3 is 0 Å². The molecule has 1 heterocycles. The number of H-pyrrole nitrogens is 1. The molecule has 0 aliphatic heterocycles. The Morgan fingerprint density at radius 3 is 2.07 bits per heavy atom. The maximum atomic E-state index is 5.53. The maximum absolute atomic E-state index is 5.53. The molecule has 0 atom stereocenters. The Labute approximate surface area is 84.6 Å². The van der Waals surface area contributed by atoms with Crippen LogP contribution in [0.3, 0.4) is 0 Å². The standard InChI is InChI=1S/C7H13N3O2.C2H6/c1-4-5(7(11-2)12-3)9-10-6(4)8;1-2/h7H,1-3H3,(H3,8,9,10);1-2H3. The summed E-state index contributed by atoms with van der Waals surface area (Å²) in [5.74, 6) is 0.476. The van der Waals surface area contributed by atoms with E-state index in [-0.39, 0.29) is 0 Å². The summed E-state index contributed by atoms with van der Waals surface area (Å²) in [6.07, 6.45) is -0.421. The van der Waals surface area contributed by atoms with Crippen molar-refractivity contribution in [2.75, 3.05) is 20.0 Å². The van der Waals surface area contributed by atoms with Gasteiger partial charge in [0.2, 0.25) is 0 Å². The van der Waals surface area contributed by atoms with Crippen LogP contribution in [0.1, 0.15) is 31.4 Å². The minimum Gasteiger partial charge on any atom is -0.382 e. The first-order valence-electron chi connectivity index (χ1n) is 4.56. The van der Waals surface area contributed by atoms with Crippen molar-refractivity contribution in [3.05, 3.63) is 11.3 Å². The van der Waals surface area contributed by atoms with Gasteiger partial charge in [-0.2, -0.15) is 5.10 Å². The van der Waals surface area contributed by atoms with Crippen molar-refractivity contribution in [1.29, 1.82) is 0 Å². The average molecular weight is 201 g/mol. The largest absolute Gasteiger partial charge is 0.382 e. The summed E-state index contributed by atoms with van der Waals surface area (Å²) < 4.78 is 10.1. The zero-order chi connectivity index (χ0) is 11.1. The zero-order valence-corrected chi connectivity index (χ0v) is 9.42. The molecule has 0 aliphatic rings. The van der Waals surface area contributed by atoms with Gasteiger partial charge in [-0.05, 0) is 6.92 Å². The fraction of sp³-hybridized carbons (Fsp3) is 0.667. The van der Waals surface area contributed by atoms with Gasteiger partial charge in [0.05, 0.1) is 5.69 Å². The number of hydrogen-bond acceptors (Lipinski definition) is 4. The quantitative estimate of drug-likeness (QED) is 0.729. The van der Waals surface area contributed by atoms with E-state index in [2.05, 4.69) is 10.2 Å². The minimum absolute atomic E-state index is 0.421. The van der Waals surface area contributed by atoms with Crippen LogP contribution in [0.25, 0.3) is 0 Å². The lowest BCUT2D eigenvalue weighted by Gasteiger charge is -2.11. The zero-order valence-electron chi connectivity index (χ0n) is 9.42.